The zero-order valence-electron chi connectivity index (χ0n) is 5.94. The normalized spacial score (nSPS) is 13.1. The second kappa shape index (κ2) is 4.63. The van der Waals surface area contributed by atoms with E-state index in [2.05, 4.69) is 32.1 Å². The van der Waals surface area contributed by atoms with Gasteiger partial charge in [0.2, 0.25) is 0 Å². The van der Waals surface area contributed by atoms with Crippen molar-refractivity contribution < 1.29 is 0 Å². The van der Waals surface area contributed by atoms with Crippen molar-refractivity contribution in [1.82, 2.24) is 0 Å². The molecule has 0 atom stereocenters. The first-order chi connectivity index (χ1) is 3.81. The van der Waals surface area contributed by atoms with Gasteiger partial charge >= 0.3 is 0 Å². The van der Waals surface area contributed by atoms with Gasteiger partial charge in [-0.2, -0.15) is 0 Å². The molecule has 0 saturated heterocycles. The zero-order chi connectivity index (χ0) is 6.41. The summed E-state index contributed by atoms with van der Waals surface area (Å²) >= 11 is 0. The monoisotopic (exact) mass is 110 g/mol. The molecule has 0 rings (SSSR count). The van der Waals surface area contributed by atoms with Gasteiger partial charge in [0.1, 0.15) is 0 Å². The van der Waals surface area contributed by atoms with Crippen LogP contribution in [0.4, 0.5) is 0 Å². The molecule has 46 valence electrons. The van der Waals surface area contributed by atoms with E-state index in [-0.39, 0.29) is 0 Å². The lowest BCUT2D eigenvalue weighted by atomic mass is 10.2. The Hall–Kier alpha value is -0.520. The van der Waals surface area contributed by atoms with Crippen LogP contribution in [0.3, 0.4) is 0 Å². The van der Waals surface area contributed by atoms with Crippen LogP contribution < -0.4 is 0 Å². The Bertz CT molecular complexity index is 96.6. The van der Waals surface area contributed by atoms with Crippen LogP contribution in [0, 0.1) is 0 Å². The van der Waals surface area contributed by atoms with Crippen LogP contribution in [0.1, 0.15) is 27.2 Å². The highest BCUT2D eigenvalue weighted by Crippen LogP contribution is 1.98. The van der Waals surface area contributed by atoms with Gasteiger partial charge in [-0.25, -0.2) is 0 Å². The smallest absolute Gasteiger partial charge is 0.0142 e. The molecule has 0 aromatic heterocycles. The van der Waals surface area contributed by atoms with Gasteiger partial charge in [0, 0.05) is 0 Å². The Morgan fingerprint density at radius 2 is 2.00 bits per heavy atom. The minimum Gasteiger partial charge on any atom is -0.0913 e. The second-order valence-corrected chi connectivity index (χ2v) is 1.91. The first kappa shape index (κ1) is 7.48. The average Bonchev–Trinajstić information content (AvgIpc) is 1.83. The summed E-state index contributed by atoms with van der Waals surface area (Å²) in [6.45, 7) is 6.25. The first-order valence-electron chi connectivity index (χ1n) is 3.04. The molecule has 0 heterocycles. The summed E-state index contributed by atoms with van der Waals surface area (Å²) in [5.41, 5.74) is 1.43. The Balaban J connectivity index is 3.40. The molecule has 0 saturated carbocycles. The summed E-state index contributed by atoms with van der Waals surface area (Å²) in [5.74, 6) is 0. The highest BCUT2D eigenvalue weighted by molar-refractivity contribution is 5.01. The SMILES string of the molecule is C/C=C/C/C(C)=C/C. The molecule has 0 aliphatic heterocycles. The van der Waals surface area contributed by atoms with Gasteiger partial charge in [0.15, 0.2) is 0 Å². The van der Waals surface area contributed by atoms with Crippen LogP contribution in [0.25, 0.3) is 0 Å². The Labute approximate surface area is 51.9 Å². The number of hydrogen-bond donors (Lipinski definition) is 0. The van der Waals surface area contributed by atoms with Crippen molar-refractivity contribution >= 4 is 0 Å². The molecule has 0 unspecified atom stereocenters. The fourth-order valence-corrected chi connectivity index (χ4v) is 0.422. The molecule has 8 heavy (non-hydrogen) atoms. The third-order valence-corrected chi connectivity index (χ3v) is 1.17. The zero-order valence-corrected chi connectivity index (χ0v) is 5.94. The van der Waals surface area contributed by atoms with Crippen LogP contribution in [-0.2, 0) is 0 Å². The quantitative estimate of drug-likeness (QED) is 0.479. The molecular formula is C8H14. The largest absolute Gasteiger partial charge is 0.0913 e. The predicted molar refractivity (Wildman–Crippen MR) is 38.9 cm³/mol. The van der Waals surface area contributed by atoms with Crippen LogP contribution in [0.2, 0.25) is 0 Å². The van der Waals surface area contributed by atoms with Gasteiger partial charge in [-0.3, -0.25) is 0 Å². The highest BCUT2D eigenvalue weighted by atomic mass is 13.8. The molecule has 0 bridgehead atoms. The molecule has 0 aromatic carbocycles. The van der Waals surface area contributed by atoms with Gasteiger partial charge in [-0.1, -0.05) is 23.8 Å². The molecule has 0 aliphatic rings. The van der Waals surface area contributed by atoms with Crippen molar-refractivity contribution in [3.8, 4) is 0 Å². The summed E-state index contributed by atoms with van der Waals surface area (Å²) in [6, 6.07) is 0. The average molecular weight is 110 g/mol. The topological polar surface area (TPSA) is 0 Å². The molecule has 0 aliphatic carbocycles. The second-order valence-electron chi connectivity index (χ2n) is 1.91. The third kappa shape index (κ3) is 3.66. The fourth-order valence-electron chi connectivity index (χ4n) is 0.422. The molecule has 0 heteroatoms. The molecule has 0 radical (unpaired) electrons. The van der Waals surface area contributed by atoms with Gasteiger partial charge < -0.3 is 0 Å². The van der Waals surface area contributed by atoms with E-state index in [4.69, 9.17) is 0 Å². The van der Waals surface area contributed by atoms with Gasteiger partial charge in [-0.05, 0) is 27.2 Å². The van der Waals surface area contributed by atoms with E-state index >= 15 is 0 Å². The summed E-state index contributed by atoms with van der Waals surface area (Å²) in [5, 5.41) is 0. The van der Waals surface area contributed by atoms with E-state index in [1.54, 1.807) is 0 Å². The number of allylic oxidation sites excluding steroid dienone is 4. The van der Waals surface area contributed by atoms with Gasteiger partial charge in [0.25, 0.3) is 0 Å². The van der Waals surface area contributed by atoms with Crippen molar-refractivity contribution in [2.75, 3.05) is 0 Å². The van der Waals surface area contributed by atoms with Crippen LogP contribution in [-0.4, -0.2) is 0 Å². The van der Waals surface area contributed by atoms with Crippen LogP contribution in [0.5, 0.6) is 0 Å². The Morgan fingerprint density at radius 1 is 1.38 bits per heavy atom. The van der Waals surface area contributed by atoms with Crippen molar-refractivity contribution in [1.29, 1.82) is 0 Å². The lowest BCUT2D eigenvalue weighted by molar-refractivity contribution is 1.19. The molecule has 0 fully saturated rings. The fraction of sp³-hybridized carbons (Fsp3) is 0.500. The van der Waals surface area contributed by atoms with E-state index in [1.165, 1.54) is 5.57 Å². The Morgan fingerprint density at radius 3 is 2.38 bits per heavy atom. The lowest BCUT2D eigenvalue weighted by Gasteiger charge is -1.88. The van der Waals surface area contributed by atoms with Crippen LogP contribution >= 0.6 is 0 Å². The van der Waals surface area contributed by atoms with E-state index in [0.717, 1.165) is 6.42 Å². The molecule has 0 amide bonds. The van der Waals surface area contributed by atoms with Gasteiger partial charge in [0.05, 0.1) is 0 Å². The Kier molecular flexibility index (Phi) is 4.33. The van der Waals surface area contributed by atoms with E-state index in [1.807, 2.05) is 6.92 Å². The first-order valence-corrected chi connectivity index (χ1v) is 3.04. The number of rotatable bonds is 2. The molecule has 0 N–H and O–H groups in total. The predicted octanol–water partition coefficient (Wildman–Crippen LogP) is 2.92. The van der Waals surface area contributed by atoms with Crippen molar-refractivity contribution in [3.05, 3.63) is 23.8 Å². The number of hydrogen-bond acceptors (Lipinski definition) is 0. The maximum absolute atomic E-state index is 2.16. The van der Waals surface area contributed by atoms with E-state index in [9.17, 15) is 0 Å². The lowest BCUT2D eigenvalue weighted by Crippen LogP contribution is -1.67. The van der Waals surface area contributed by atoms with Crippen molar-refractivity contribution in [2.24, 2.45) is 0 Å². The molecule has 0 spiro atoms. The molecular weight excluding hydrogens is 96.1 g/mol. The molecule has 0 aromatic rings. The van der Waals surface area contributed by atoms with Gasteiger partial charge in [-0.15, -0.1) is 0 Å². The summed E-state index contributed by atoms with van der Waals surface area (Å²) < 4.78 is 0. The van der Waals surface area contributed by atoms with Crippen LogP contribution in [0.15, 0.2) is 23.8 Å². The van der Waals surface area contributed by atoms with E-state index in [0.29, 0.717) is 0 Å². The summed E-state index contributed by atoms with van der Waals surface area (Å²) in [6.07, 6.45) is 7.48. The maximum atomic E-state index is 2.16. The maximum Gasteiger partial charge on any atom is -0.0142 e. The van der Waals surface area contributed by atoms with Crippen molar-refractivity contribution in [3.63, 3.8) is 0 Å². The van der Waals surface area contributed by atoms with Crippen molar-refractivity contribution in [2.45, 2.75) is 27.2 Å². The summed E-state index contributed by atoms with van der Waals surface area (Å²) in [4.78, 5) is 0. The molecule has 0 nitrogen and oxygen atoms in total. The highest BCUT2D eigenvalue weighted by Gasteiger charge is 1.77. The van der Waals surface area contributed by atoms with E-state index < -0.39 is 0 Å². The summed E-state index contributed by atoms with van der Waals surface area (Å²) in [7, 11) is 0. The minimum atomic E-state index is 1.10. The third-order valence-electron chi connectivity index (χ3n) is 1.17. The minimum absolute atomic E-state index is 1.10. The standard InChI is InChI=1S/C8H14/c1-4-6-7-8(3)5-2/h4-6H,7H2,1-3H3/b6-4+,8-5+.